The topological polar surface area (TPSA) is 94.2 Å². The van der Waals surface area contributed by atoms with Crippen LogP contribution in [0, 0.1) is 0 Å². The molecule has 2 rings (SSSR count). The van der Waals surface area contributed by atoms with Crippen molar-refractivity contribution in [2.75, 3.05) is 13.2 Å². The Morgan fingerprint density at radius 2 is 2.20 bits per heavy atom. The van der Waals surface area contributed by atoms with Crippen molar-refractivity contribution in [3.05, 3.63) is 27.6 Å². The molecule has 0 amide bonds. The standard InChI is InChI=1S/C12H13N3O4S/c1-3-18-10-9(12(17)19-4-2)20-11(15-10)7-5-8(16)14-6-13-7/h5-6H,3-4H2,1-2H3,(H,13,14,16). The molecular formula is C12H13N3O4S. The zero-order valence-electron chi connectivity index (χ0n) is 11.0. The molecule has 106 valence electrons. The Labute approximate surface area is 118 Å². The molecule has 2 aromatic rings. The lowest BCUT2D eigenvalue weighted by molar-refractivity contribution is 0.0527. The third kappa shape index (κ3) is 3.02. The molecule has 0 saturated heterocycles. The average Bonchev–Trinajstić information content (AvgIpc) is 2.84. The summed E-state index contributed by atoms with van der Waals surface area (Å²) in [6.45, 7) is 4.15. The van der Waals surface area contributed by atoms with E-state index in [2.05, 4.69) is 15.0 Å². The molecule has 20 heavy (non-hydrogen) atoms. The van der Waals surface area contributed by atoms with Crippen LogP contribution >= 0.6 is 11.3 Å². The van der Waals surface area contributed by atoms with Gasteiger partial charge in [-0.2, -0.15) is 4.98 Å². The second kappa shape index (κ2) is 6.29. The van der Waals surface area contributed by atoms with Gasteiger partial charge < -0.3 is 14.5 Å². The van der Waals surface area contributed by atoms with E-state index in [9.17, 15) is 9.59 Å². The van der Waals surface area contributed by atoms with Crippen LogP contribution in [0.1, 0.15) is 23.5 Å². The smallest absolute Gasteiger partial charge is 0.354 e. The minimum absolute atomic E-state index is 0.202. The number of nitrogens with zero attached hydrogens (tertiary/aromatic N) is 2. The molecule has 2 heterocycles. The molecule has 8 heteroatoms. The van der Waals surface area contributed by atoms with Crippen LogP contribution in [0.5, 0.6) is 5.88 Å². The molecule has 0 fully saturated rings. The fourth-order valence-electron chi connectivity index (χ4n) is 1.46. The third-order valence-corrected chi connectivity index (χ3v) is 3.27. The predicted molar refractivity (Wildman–Crippen MR) is 73.1 cm³/mol. The minimum atomic E-state index is -0.496. The highest BCUT2D eigenvalue weighted by Crippen LogP contribution is 2.31. The van der Waals surface area contributed by atoms with Gasteiger partial charge in [0, 0.05) is 6.07 Å². The van der Waals surface area contributed by atoms with E-state index in [1.54, 1.807) is 13.8 Å². The molecule has 0 spiro atoms. The number of thiazole rings is 1. The number of H-pyrrole nitrogens is 1. The van der Waals surface area contributed by atoms with Crippen molar-refractivity contribution >= 4 is 17.3 Å². The van der Waals surface area contributed by atoms with Crippen molar-refractivity contribution in [2.45, 2.75) is 13.8 Å². The predicted octanol–water partition coefficient (Wildman–Crippen LogP) is 1.47. The average molecular weight is 295 g/mol. The lowest BCUT2D eigenvalue weighted by Gasteiger charge is -2.01. The van der Waals surface area contributed by atoms with Crippen molar-refractivity contribution in [1.29, 1.82) is 0 Å². The summed E-state index contributed by atoms with van der Waals surface area (Å²) in [6, 6.07) is 1.31. The van der Waals surface area contributed by atoms with E-state index in [4.69, 9.17) is 9.47 Å². The van der Waals surface area contributed by atoms with Gasteiger partial charge in [-0.3, -0.25) is 4.79 Å². The van der Waals surface area contributed by atoms with Crippen molar-refractivity contribution in [3.63, 3.8) is 0 Å². The number of carbonyl (C=O) groups is 1. The number of aromatic amines is 1. The molecule has 0 radical (unpaired) electrons. The fourth-order valence-corrected chi connectivity index (χ4v) is 2.33. The maximum absolute atomic E-state index is 11.8. The van der Waals surface area contributed by atoms with Crippen molar-refractivity contribution < 1.29 is 14.3 Å². The van der Waals surface area contributed by atoms with E-state index in [0.717, 1.165) is 11.3 Å². The zero-order chi connectivity index (χ0) is 14.5. The first kappa shape index (κ1) is 14.2. The number of nitrogens with one attached hydrogen (secondary N) is 1. The van der Waals surface area contributed by atoms with E-state index in [1.165, 1.54) is 12.4 Å². The van der Waals surface area contributed by atoms with Gasteiger partial charge in [-0.1, -0.05) is 0 Å². The van der Waals surface area contributed by atoms with Gasteiger partial charge in [0.25, 0.3) is 5.56 Å². The van der Waals surface area contributed by atoms with Gasteiger partial charge in [0.15, 0.2) is 4.88 Å². The lowest BCUT2D eigenvalue weighted by Crippen LogP contribution is -2.05. The molecule has 0 atom stereocenters. The van der Waals surface area contributed by atoms with E-state index in [-0.39, 0.29) is 22.9 Å². The van der Waals surface area contributed by atoms with Gasteiger partial charge in [0.05, 0.1) is 19.5 Å². The van der Waals surface area contributed by atoms with Crippen LogP contribution in [0.3, 0.4) is 0 Å². The first-order chi connectivity index (χ1) is 9.65. The van der Waals surface area contributed by atoms with Crippen LogP contribution < -0.4 is 10.3 Å². The largest absolute Gasteiger partial charge is 0.477 e. The molecule has 0 saturated carbocycles. The second-order valence-corrected chi connectivity index (χ2v) is 4.60. The maximum Gasteiger partial charge on any atom is 0.354 e. The molecule has 0 unspecified atom stereocenters. The number of hydrogen-bond acceptors (Lipinski definition) is 7. The van der Waals surface area contributed by atoms with Crippen molar-refractivity contribution in [2.24, 2.45) is 0 Å². The summed E-state index contributed by atoms with van der Waals surface area (Å²) < 4.78 is 10.3. The Hall–Kier alpha value is -2.22. The van der Waals surface area contributed by atoms with Crippen LogP contribution in [0.15, 0.2) is 17.2 Å². The minimum Gasteiger partial charge on any atom is -0.477 e. The number of hydrogen-bond donors (Lipinski definition) is 1. The van der Waals surface area contributed by atoms with Gasteiger partial charge in [0.1, 0.15) is 10.7 Å². The molecule has 0 aliphatic carbocycles. The summed E-state index contributed by atoms with van der Waals surface area (Å²) in [5, 5.41) is 0.433. The van der Waals surface area contributed by atoms with Crippen LogP contribution in [-0.4, -0.2) is 34.1 Å². The summed E-state index contributed by atoms with van der Waals surface area (Å²) >= 11 is 1.08. The highest BCUT2D eigenvalue weighted by molar-refractivity contribution is 7.17. The monoisotopic (exact) mass is 295 g/mol. The number of carbonyl (C=O) groups excluding carboxylic acids is 1. The normalized spacial score (nSPS) is 10.3. The van der Waals surface area contributed by atoms with Crippen molar-refractivity contribution in [1.82, 2.24) is 15.0 Å². The molecular weight excluding hydrogens is 282 g/mol. The molecule has 2 aromatic heterocycles. The van der Waals surface area contributed by atoms with E-state index in [0.29, 0.717) is 17.3 Å². The van der Waals surface area contributed by atoms with Crippen LogP contribution in [-0.2, 0) is 4.74 Å². The van der Waals surface area contributed by atoms with Crippen LogP contribution in [0.4, 0.5) is 0 Å². The fraction of sp³-hybridized carbons (Fsp3) is 0.333. The lowest BCUT2D eigenvalue weighted by atomic mass is 10.4. The number of aromatic nitrogens is 3. The molecule has 0 bridgehead atoms. The van der Waals surface area contributed by atoms with Gasteiger partial charge in [-0.25, -0.2) is 9.78 Å². The van der Waals surface area contributed by atoms with Gasteiger partial charge in [0.2, 0.25) is 5.88 Å². The summed E-state index contributed by atoms with van der Waals surface area (Å²) in [7, 11) is 0. The molecule has 7 nitrogen and oxygen atoms in total. The Morgan fingerprint density at radius 3 is 2.85 bits per heavy atom. The first-order valence-electron chi connectivity index (χ1n) is 6.01. The molecule has 0 aromatic carbocycles. The molecule has 1 N–H and O–H groups in total. The SMILES string of the molecule is CCOC(=O)c1sc(-c2cc(=O)[nH]cn2)nc1OCC. The highest BCUT2D eigenvalue weighted by atomic mass is 32.1. The van der Waals surface area contributed by atoms with E-state index >= 15 is 0 Å². The van der Waals surface area contributed by atoms with Gasteiger partial charge in [-0.05, 0) is 13.8 Å². The summed E-state index contributed by atoms with van der Waals surface area (Å²) in [5.74, 6) is -0.294. The Bertz CT molecular complexity index is 665. The quantitative estimate of drug-likeness (QED) is 0.839. The summed E-state index contributed by atoms with van der Waals surface area (Å²) in [6.07, 6.45) is 1.28. The first-order valence-corrected chi connectivity index (χ1v) is 6.83. The zero-order valence-corrected chi connectivity index (χ0v) is 11.8. The molecule has 0 aliphatic heterocycles. The Morgan fingerprint density at radius 1 is 1.40 bits per heavy atom. The van der Waals surface area contributed by atoms with Crippen LogP contribution in [0.2, 0.25) is 0 Å². The van der Waals surface area contributed by atoms with E-state index < -0.39 is 5.97 Å². The van der Waals surface area contributed by atoms with Gasteiger partial charge >= 0.3 is 5.97 Å². The summed E-state index contributed by atoms with van der Waals surface area (Å²) in [4.78, 5) is 34.0. The van der Waals surface area contributed by atoms with Crippen LogP contribution in [0.25, 0.3) is 10.7 Å². The van der Waals surface area contributed by atoms with E-state index in [1.807, 2.05) is 0 Å². The number of ether oxygens (including phenoxy) is 2. The third-order valence-electron chi connectivity index (χ3n) is 2.24. The van der Waals surface area contributed by atoms with Crippen molar-refractivity contribution in [3.8, 4) is 16.6 Å². The summed E-state index contributed by atoms with van der Waals surface area (Å²) in [5.41, 5.74) is 0.0936. The Balaban J connectivity index is 2.43. The highest BCUT2D eigenvalue weighted by Gasteiger charge is 2.21. The molecule has 0 aliphatic rings. The number of esters is 1. The maximum atomic E-state index is 11.8. The Kier molecular flexibility index (Phi) is 4.46. The van der Waals surface area contributed by atoms with Gasteiger partial charge in [-0.15, -0.1) is 11.3 Å². The number of rotatable bonds is 5. The second-order valence-electron chi connectivity index (χ2n) is 3.60.